The number of amides is 1. The van der Waals surface area contributed by atoms with E-state index in [1.165, 1.54) is 12.3 Å². The average molecular weight is 452 g/mol. The van der Waals surface area contributed by atoms with Crippen molar-refractivity contribution in [1.82, 2.24) is 20.4 Å². The molecule has 0 bridgehead atoms. The summed E-state index contributed by atoms with van der Waals surface area (Å²) in [5.74, 6) is -0.615. The zero-order valence-corrected chi connectivity index (χ0v) is 15.8. The van der Waals surface area contributed by atoms with Crippen molar-refractivity contribution < 1.29 is 22.5 Å². The van der Waals surface area contributed by atoms with Gasteiger partial charge in [-0.25, -0.2) is 4.98 Å². The summed E-state index contributed by atoms with van der Waals surface area (Å²) in [4.78, 5) is 19.9. The van der Waals surface area contributed by atoms with Crippen LogP contribution in [0.2, 0.25) is 15.1 Å². The second-order valence-electron chi connectivity index (χ2n) is 5.37. The van der Waals surface area contributed by atoms with Gasteiger partial charge in [0.15, 0.2) is 5.82 Å². The Bertz CT molecular complexity index is 1040. The van der Waals surface area contributed by atoms with Crippen LogP contribution >= 0.6 is 34.8 Å². The van der Waals surface area contributed by atoms with E-state index in [1.807, 2.05) is 0 Å². The van der Waals surface area contributed by atoms with E-state index in [0.717, 1.165) is 18.2 Å². The molecule has 0 spiro atoms. The monoisotopic (exact) mass is 450 g/mol. The highest BCUT2D eigenvalue weighted by molar-refractivity contribution is 6.36. The summed E-state index contributed by atoms with van der Waals surface area (Å²) in [6, 6.07) is 4.10. The molecule has 3 aromatic rings. The van der Waals surface area contributed by atoms with Gasteiger partial charge in [0.05, 0.1) is 32.7 Å². The van der Waals surface area contributed by atoms with Gasteiger partial charge in [0, 0.05) is 6.20 Å². The molecule has 0 saturated carbocycles. The van der Waals surface area contributed by atoms with Gasteiger partial charge in [-0.05, 0) is 24.3 Å². The van der Waals surface area contributed by atoms with Gasteiger partial charge in [0.2, 0.25) is 0 Å². The number of hydrogen-bond acceptors (Lipinski definition) is 5. The predicted octanol–water partition coefficient (Wildman–Crippen LogP) is 5.04. The number of aromatic nitrogens is 3. The molecule has 6 nitrogen and oxygen atoms in total. The average Bonchev–Trinajstić information content (AvgIpc) is 3.07. The number of nitrogens with zero attached hydrogens (tertiary/aromatic N) is 3. The molecule has 0 aliphatic carbocycles. The predicted molar refractivity (Wildman–Crippen MR) is 95.2 cm³/mol. The fraction of sp³-hybridized carbons (Fsp3) is 0.125. The second kappa shape index (κ2) is 7.94. The Labute approximate surface area is 170 Å². The molecule has 0 aliphatic heterocycles. The number of carbonyl (C=O) groups is 1. The van der Waals surface area contributed by atoms with Crippen LogP contribution in [0.25, 0.3) is 11.5 Å². The van der Waals surface area contributed by atoms with Gasteiger partial charge >= 0.3 is 6.18 Å². The number of carbonyl (C=O) groups excluding carboxylic acids is 1. The third-order valence-corrected chi connectivity index (χ3v) is 4.23. The number of alkyl halides is 3. The number of benzene rings is 1. The molecule has 1 aromatic carbocycles. The van der Waals surface area contributed by atoms with Gasteiger partial charge in [0.25, 0.3) is 11.8 Å². The molecule has 0 unspecified atom stereocenters. The van der Waals surface area contributed by atoms with Crippen molar-refractivity contribution in [1.29, 1.82) is 0 Å². The summed E-state index contributed by atoms with van der Waals surface area (Å²) in [5, 5.41) is 6.28. The van der Waals surface area contributed by atoms with E-state index < -0.39 is 17.6 Å². The van der Waals surface area contributed by atoms with Crippen molar-refractivity contribution in [2.24, 2.45) is 0 Å². The zero-order chi connectivity index (χ0) is 20.5. The van der Waals surface area contributed by atoms with Gasteiger partial charge in [-0.2, -0.15) is 18.2 Å². The van der Waals surface area contributed by atoms with Crippen molar-refractivity contribution in [3.63, 3.8) is 0 Å². The van der Waals surface area contributed by atoms with Crippen LogP contribution in [0.5, 0.6) is 0 Å². The third-order valence-electron chi connectivity index (χ3n) is 3.42. The Kier molecular flexibility index (Phi) is 5.78. The molecule has 0 radical (unpaired) electrons. The second-order valence-corrected chi connectivity index (χ2v) is 6.63. The van der Waals surface area contributed by atoms with Crippen LogP contribution < -0.4 is 5.32 Å². The Balaban J connectivity index is 1.72. The smallest absolute Gasteiger partial charge is 0.343 e. The lowest BCUT2D eigenvalue weighted by Crippen LogP contribution is -2.24. The van der Waals surface area contributed by atoms with Crippen molar-refractivity contribution in [2.45, 2.75) is 12.7 Å². The van der Waals surface area contributed by atoms with Crippen molar-refractivity contribution in [3.8, 4) is 11.5 Å². The van der Waals surface area contributed by atoms with Gasteiger partial charge in [-0.1, -0.05) is 40.0 Å². The lowest BCUT2D eigenvalue weighted by Gasteiger charge is -2.07. The van der Waals surface area contributed by atoms with E-state index in [2.05, 4.69) is 20.4 Å². The first-order valence-electron chi connectivity index (χ1n) is 7.44. The molecule has 146 valence electrons. The number of pyridine rings is 1. The number of nitrogens with one attached hydrogen (secondary N) is 1. The lowest BCUT2D eigenvalue weighted by molar-refractivity contribution is -0.137. The Morgan fingerprint density at radius 2 is 1.89 bits per heavy atom. The number of rotatable bonds is 4. The molecule has 0 saturated heterocycles. The van der Waals surface area contributed by atoms with Crippen LogP contribution in [-0.2, 0) is 12.7 Å². The number of halogens is 6. The fourth-order valence-electron chi connectivity index (χ4n) is 2.12. The summed E-state index contributed by atoms with van der Waals surface area (Å²) in [6.45, 7) is -0.138. The van der Waals surface area contributed by atoms with Crippen LogP contribution in [-0.4, -0.2) is 21.0 Å². The summed E-state index contributed by atoms with van der Waals surface area (Å²) < 4.78 is 43.1. The van der Waals surface area contributed by atoms with E-state index in [9.17, 15) is 18.0 Å². The molecule has 0 fully saturated rings. The van der Waals surface area contributed by atoms with E-state index in [0.29, 0.717) is 0 Å². The van der Waals surface area contributed by atoms with E-state index >= 15 is 0 Å². The third kappa shape index (κ3) is 4.54. The lowest BCUT2D eigenvalue weighted by atomic mass is 10.1. The Hall–Kier alpha value is -2.36. The minimum absolute atomic E-state index is 0.0411. The molecule has 0 aliphatic rings. The highest BCUT2D eigenvalue weighted by Gasteiger charge is 2.31. The molecule has 12 heteroatoms. The SMILES string of the molecule is O=C(NCc1noc(-c2ccc(C(F)(F)F)cc2Cl)n1)c1ncc(Cl)cc1Cl. The molecular formula is C16H8Cl3F3N4O2. The minimum Gasteiger partial charge on any atom is -0.343 e. The number of hydrogen-bond donors (Lipinski definition) is 1. The van der Waals surface area contributed by atoms with Gasteiger partial charge in [-0.3, -0.25) is 4.79 Å². The summed E-state index contributed by atoms with van der Waals surface area (Å²) in [5.41, 5.74) is -0.816. The minimum atomic E-state index is -4.52. The highest BCUT2D eigenvalue weighted by Crippen LogP contribution is 2.35. The fourth-order valence-corrected chi connectivity index (χ4v) is 2.85. The van der Waals surface area contributed by atoms with Gasteiger partial charge in [-0.15, -0.1) is 0 Å². The van der Waals surface area contributed by atoms with E-state index in [4.69, 9.17) is 39.3 Å². The van der Waals surface area contributed by atoms with E-state index in [-0.39, 0.29) is 44.6 Å². The van der Waals surface area contributed by atoms with Crippen molar-refractivity contribution in [3.05, 3.63) is 62.6 Å². The maximum Gasteiger partial charge on any atom is 0.416 e. The van der Waals surface area contributed by atoms with Crippen molar-refractivity contribution >= 4 is 40.7 Å². The maximum atomic E-state index is 12.7. The Morgan fingerprint density at radius 3 is 2.54 bits per heavy atom. The summed E-state index contributed by atoms with van der Waals surface area (Å²) >= 11 is 17.5. The first kappa shape index (κ1) is 20.4. The van der Waals surface area contributed by atoms with Crippen LogP contribution in [0.15, 0.2) is 35.0 Å². The molecule has 28 heavy (non-hydrogen) atoms. The van der Waals surface area contributed by atoms with Crippen LogP contribution in [0.3, 0.4) is 0 Å². The molecular weight excluding hydrogens is 444 g/mol. The first-order valence-corrected chi connectivity index (χ1v) is 8.57. The van der Waals surface area contributed by atoms with Gasteiger partial charge < -0.3 is 9.84 Å². The standard InChI is InChI=1S/C16H8Cl3F3N4O2/c17-8-4-11(19)13(23-5-8)14(27)24-6-12-25-15(28-26-12)9-2-1-7(3-10(9)18)16(20,21)22/h1-5H,6H2,(H,24,27). The molecule has 2 heterocycles. The first-order chi connectivity index (χ1) is 13.1. The zero-order valence-electron chi connectivity index (χ0n) is 13.5. The largest absolute Gasteiger partial charge is 0.416 e. The van der Waals surface area contributed by atoms with Crippen molar-refractivity contribution in [2.75, 3.05) is 0 Å². The molecule has 0 atom stereocenters. The van der Waals surface area contributed by atoms with Crippen LogP contribution in [0.4, 0.5) is 13.2 Å². The van der Waals surface area contributed by atoms with Gasteiger partial charge in [0.1, 0.15) is 5.69 Å². The normalized spacial score (nSPS) is 11.5. The summed E-state index contributed by atoms with van der Waals surface area (Å²) in [7, 11) is 0. The van der Waals surface area contributed by atoms with Crippen LogP contribution in [0.1, 0.15) is 21.9 Å². The highest BCUT2D eigenvalue weighted by atomic mass is 35.5. The van der Waals surface area contributed by atoms with E-state index in [1.54, 1.807) is 0 Å². The van der Waals surface area contributed by atoms with Crippen LogP contribution in [0, 0.1) is 0 Å². The summed E-state index contributed by atoms with van der Waals surface area (Å²) in [6.07, 6.45) is -3.26. The Morgan fingerprint density at radius 1 is 1.14 bits per heavy atom. The molecule has 3 rings (SSSR count). The topological polar surface area (TPSA) is 80.9 Å². The molecule has 1 N–H and O–H groups in total. The maximum absolute atomic E-state index is 12.7. The molecule has 2 aromatic heterocycles. The molecule has 1 amide bonds. The quantitative estimate of drug-likeness (QED) is 0.601.